The lowest BCUT2D eigenvalue weighted by Gasteiger charge is -2.26. The Bertz CT molecular complexity index is 664. The molecule has 1 unspecified atom stereocenters. The van der Waals surface area contributed by atoms with Gasteiger partial charge in [0.05, 0.1) is 0 Å². The average Bonchev–Trinajstić information content (AvgIpc) is 3.08. The molecule has 122 valence electrons. The Kier molecular flexibility index (Phi) is 5.05. The monoisotopic (exact) mass is 357 g/mol. The van der Waals surface area contributed by atoms with E-state index in [2.05, 4.69) is 5.32 Å². The summed E-state index contributed by atoms with van der Waals surface area (Å²) >= 11 is 11.9. The van der Waals surface area contributed by atoms with Crippen LogP contribution in [0.5, 0.6) is 5.75 Å². The zero-order valence-electron chi connectivity index (χ0n) is 12.2. The van der Waals surface area contributed by atoms with Crippen LogP contribution in [0.3, 0.4) is 0 Å². The van der Waals surface area contributed by atoms with Crippen molar-refractivity contribution in [1.82, 2.24) is 5.32 Å². The molecule has 2 nitrogen and oxygen atoms in total. The lowest BCUT2D eigenvalue weighted by atomic mass is 9.95. The predicted molar refractivity (Wildman–Crippen MR) is 87.2 cm³/mol. The van der Waals surface area contributed by atoms with Crippen LogP contribution in [0, 0.1) is 17.6 Å². The molecule has 0 spiro atoms. The second kappa shape index (κ2) is 7.04. The highest BCUT2D eigenvalue weighted by Gasteiger charge is 2.30. The Morgan fingerprint density at radius 3 is 2.30 bits per heavy atom. The molecule has 1 saturated heterocycles. The van der Waals surface area contributed by atoms with Crippen molar-refractivity contribution in [3.05, 3.63) is 63.6 Å². The van der Waals surface area contributed by atoms with Gasteiger partial charge in [0.15, 0.2) is 5.75 Å². The van der Waals surface area contributed by atoms with E-state index in [1.807, 2.05) is 30.3 Å². The Morgan fingerprint density at radius 1 is 1.09 bits per heavy atom. The molecule has 23 heavy (non-hydrogen) atoms. The molecule has 3 rings (SSSR count). The summed E-state index contributed by atoms with van der Waals surface area (Å²) in [6, 6.07) is 10.2. The van der Waals surface area contributed by atoms with Crippen LogP contribution >= 0.6 is 23.2 Å². The number of ether oxygens (including phenoxy) is 1. The number of halogens is 4. The van der Waals surface area contributed by atoms with Crippen molar-refractivity contribution in [3.63, 3.8) is 0 Å². The fraction of sp³-hybridized carbons (Fsp3) is 0.294. The van der Waals surface area contributed by atoms with Crippen LogP contribution in [0.1, 0.15) is 18.1 Å². The SMILES string of the molecule is Fc1cc(F)c(Cl)c(OC(c2ccccc2)[C@H]2CCNC2)c1Cl. The first kappa shape index (κ1) is 16.5. The topological polar surface area (TPSA) is 21.3 Å². The molecule has 0 aliphatic carbocycles. The van der Waals surface area contributed by atoms with Gasteiger partial charge in [0.25, 0.3) is 0 Å². The van der Waals surface area contributed by atoms with E-state index in [4.69, 9.17) is 27.9 Å². The van der Waals surface area contributed by atoms with E-state index in [9.17, 15) is 8.78 Å². The maximum atomic E-state index is 13.7. The van der Waals surface area contributed by atoms with E-state index in [0.717, 1.165) is 25.1 Å². The predicted octanol–water partition coefficient (Wildman–Crippen LogP) is 5.00. The minimum absolute atomic E-state index is 0.147. The van der Waals surface area contributed by atoms with Gasteiger partial charge < -0.3 is 10.1 Å². The van der Waals surface area contributed by atoms with Crippen LogP contribution in [0.25, 0.3) is 0 Å². The summed E-state index contributed by atoms with van der Waals surface area (Å²) in [5.74, 6) is -1.76. The fourth-order valence-electron chi connectivity index (χ4n) is 2.80. The van der Waals surface area contributed by atoms with Crippen molar-refractivity contribution in [2.24, 2.45) is 5.92 Å². The second-order valence-electron chi connectivity index (χ2n) is 5.50. The molecule has 2 aromatic rings. The summed E-state index contributed by atoms with van der Waals surface area (Å²) in [7, 11) is 0. The molecule has 6 heteroatoms. The van der Waals surface area contributed by atoms with Crippen molar-refractivity contribution in [1.29, 1.82) is 0 Å². The van der Waals surface area contributed by atoms with E-state index in [0.29, 0.717) is 6.07 Å². The van der Waals surface area contributed by atoms with Crippen LogP contribution in [0.2, 0.25) is 10.0 Å². The minimum Gasteiger partial charge on any atom is -0.482 e. The smallest absolute Gasteiger partial charge is 0.163 e. The zero-order chi connectivity index (χ0) is 16.4. The van der Waals surface area contributed by atoms with Gasteiger partial charge in [-0.1, -0.05) is 53.5 Å². The molecule has 1 aliphatic heterocycles. The molecular formula is C17H15Cl2F2NO. The van der Waals surface area contributed by atoms with Crippen molar-refractivity contribution in [2.75, 3.05) is 13.1 Å². The lowest BCUT2D eigenvalue weighted by molar-refractivity contribution is 0.143. The second-order valence-corrected chi connectivity index (χ2v) is 6.26. The zero-order valence-corrected chi connectivity index (χ0v) is 13.7. The molecule has 2 atom stereocenters. The van der Waals surface area contributed by atoms with Crippen LogP contribution in [0.4, 0.5) is 8.78 Å². The normalized spacial score (nSPS) is 18.9. The van der Waals surface area contributed by atoms with Crippen LogP contribution in [-0.2, 0) is 0 Å². The molecule has 0 amide bonds. The minimum atomic E-state index is -0.889. The molecule has 2 aromatic carbocycles. The summed E-state index contributed by atoms with van der Waals surface area (Å²) < 4.78 is 33.4. The van der Waals surface area contributed by atoms with Gasteiger partial charge in [-0.2, -0.15) is 0 Å². The summed E-state index contributed by atoms with van der Waals surface area (Å²) in [5, 5.41) is 2.66. The van der Waals surface area contributed by atoms with E-state index in [-0.39, 0.29) is 27.8 Å². The summed E-state index contributed by atoms with van der Waals surface area (Å²) in [4.78, 5) is 0. The first-order valence-electron chi connectivity index (χ1n) is 7.33. The number of nitrogens with one attached hydrogen (secondary N) is 1. The van der Waals surface area contributed by atoms with Crippen LogP contribution < -0.4 is 10.1 Å². The molecular weight excluding hydrogens is 343 g/mol. The summed E-state index contributed by atoms with van der Waals surface area (Å²) in [6.45, 7) is 1.63. The van der Waals surface area contributed by atoms with Crippen molar-refractivity contribution >= 4 is 23.2 Å². The molecule has 0 radical (unpaired) electrons. The largest absolute Gasteiger partial charge is 0.482 e. The van der Waals surface area contributed by atoms with E-state index < -0.39 is 11.6 Å². The average molecular weight is 358 g/mol. The van der Waals surface area contributed by atoms with Crippen molar-refractivity contribution in [2.45, 2.75) is 12.5 Å². The molecule has 0 aromatic heterocycles. The molecule has 0 bridgehead atoms. The first-order chi connectivity index (χ1) is 11.1. The third-order valence-corrected chi connectivity index (χ3v) is 4.68. The third kappa shape index (κ3) is 3.44. The van der Waals surface area contributed by atoms with Gasteiger partial charge in [0.1, 0.15) is 27.8 Å². The Labute approximate surface area is 143 Å². The van der Waals surface area contributed by atoms with Gasteiger partial charge in [0, 0.05) is 18.5 Å². The van der Waals surface area contributed by atoms with E-state index in [1.54, 1.807) is 0 Å². The number of rotatable bonds is 4. The van der Waals surface area contributed by atoms with Gasteiger partial charge >= 0.3 is 0 Å². The van der Waals surface area contributed by atoms with Crippen LogP contribution in [-0.4, -0.2) is 13.1 Å². The van der Waals surface area contributed by atoms with Gasteiger partial charge in [0.2, 0.25) is 0 Å². The fourth-order valence-corrected chi connectivity index (χ4v) is 3.23. The van der Waals surface area contributed by atoms with Crippen molar-refractivity contribution in [3.8, 4) is 5.75 Å². The van der Waals surface area contributed by atoms with Gasteiger partial charge in [-0.3, -0.25) is 0 Å². The first-order valence-corrected chi connectivity index (χ1v) is 8.09. The van der Waals surface area contributed by atoms with E-state index in [1.165, 1.54) is 0 Å². The number of hydrogen-bond acceptors (Lipinski definition) is 2. The quantitative estimate of drug-likeness (QED) is 0.777. The highest BCUT2D eigenvalue weighted by atomic mass is 35.5. The number of benzene rings is 2. The molecule has 1 N–H and O–H groups in total. The standard InChI is InChI=1S/C17H15Cl2F2NO/c18-14-12(20)8-13(21)15(19)17(14)23-16(11-6-7-22-9-11)10-4-2-1-3-5-10/h1-5,8,11,16,22H,6-7,9H2/t11-,16?/m0/s1. The van der Waals surface area contributed by atoms with Crippen LogP contribution in [0.15, 0.2) is 36.4 Å². The molecule has 1 aliphatic rings. The Balaban J connectivity index is 1.99. The highest BCUT2D eigenvalue weighted by molar-refractivity contribution is 6.37. The Hall–Kier alpha value is -1.36. The third-order valence-electron chi connectivity index (χ3n) is 3.97. The highest BCUT2D eigenvalue weighted by Crippen LogP contribution is 2.41. The van der Waals surface area contributed by atoms with E-state index >= 15 is 0 Å². The maximum Gasteiger partial charge on any atom is 0.163 e. The number of hydrogen-bond donors (Lipinski definition) is 1. The summed E-state index contributed by atoms with van der Waals surface area (Å²) in [6.07, 6.45) is 0.509. The van der Waals surface area contributed by atoms with Gasteiger partial charge in [-0.05, 0) is 18.5 Å². The summed E-state index contributed by atoms with van der Waals surface area (Å²) in [5.41, 5.74) is 0.915. The molecule has 0 saturated carbocycles. The van der Waals surface area contributed by atoms with Gasteiger partial charge in [-0.25, -0.2) is 8.78 Å². The lowest BCUT2D eigenvalue weighted by Crippen LogP contribution is -2.21. The maximum absolute atomic E-state index is 13.7. The van der Waals surface area contributed by atoms with Gasteiger partial charge in [-0.15, -0.1) is 0 Å². The van der Waals surface area contributed by atoms with Crippen molar-refractivity contribution < 1.29 is 13.5 Å². The molecule has 1 fully saturated rings. The molecule has 1 heterocycles. The Morgan fingerprint density at radius 2 is 1.74 bits per heavy atom.